The van der Waals surface area contributed by atoms with Gasteiger partial charge in [-0.3, -0.25) is 14.9 Å². The van der Waals surface area contributed by atoms with Crippen LogP contribution < -0.4 is 10.1 Å². The maximum atomic E-state index is 12.9. The molecule has 0 aromatic carbocycles. The first-order chi connectivity index (χ1) is 13.2. The minimum atomic E-state index is -0.163. The third-order valence-corrected chi connectivity index (χ3v) is 6.05. The Morgan fingerprint density at radius 1 is 1.30 bits per heavy atom. The molecular weight excluding hydrogens is 384 g/mol. The monoisotopic (exact) mass is 400 g/mol. The lowest BCUT2D eigenvalue weighted by atomic mass is 10.1. The molecule has 3 aromatic rings. The van der Waals surface area contributed by atoms with Crippen molar-refractivity contribution < 1.29 is 14.3 Å². The number of pyridine rings is 1. The van der Waals surface area contributed by atoms with Crippen LogP contribution in [-0.4, -0.2) is 40.3 Å². The van der Waals surface area contributed by atoms with E-state index in [0.29, 0.717) is 41.0 Å². The molecule has 3 aromatic heterocycles. The number of thiophene rings is 1. The lowest BCUT2D eigenvalue weighted by molar-refractivity contribution is 0.0731. The molecule has 1 aliphatic rings. The van der Waals surface area contributed by atoms with E-state index in [2.05, 4.69) is 15.3 Å². The van der Waals surface area contributed by atoms with E-state index in [0.717, 1.165) is 10.6 Å². The third-order valence-electron chi connectivity index (χ3n) is 4.18. The van der Waals surface area contributed by atoms with Crippen LogP contribution in [0.3, 0.4) is 0 Å². The first kappa shape index (κ1) is 17.6. The van der Waals surface area contributed by atoms with Crippen molar-refractivity contribution >= 4 is 39.6 Å². The first-order valence-corrected chi connectivity index (χ1v) is 9.97. The fourth-order valence-corrected chi connectivity index (χ4v) is 4.51. The third kappa shape index (κ3) is 3.56. The van der Waals surface area contributed by atoms with Crippen LogP contribution in [0.2, 0.25) is 0 Å². The zero-order valence-electron chi connectivity index (χ0n) is 14.5. The number of methoxy groups -OCH3 is 1. The second-order valence-electron chi connectivity index (χ2n) is 5.86. The standard InChI is InChI=1S/C18H16N4O3S2/c1-25-16-11(4-2-7-19-16)17(24)22-8-6-12-14(10-22)27-18(20-12)21-15(23)13-5-3-9-26-13/h2-5,7,9H,6,8,10H2,1H3,(H,20,21,23). The summed E-state index contributed by atoms with van der Waals surface area (Å²) in [4.78, 5) is 37.0. The number of carbonyl (C=O) groups is 2. The van der Waals surface area contributed by atoms with Crippen LogP contribution in [0.25, 0.3) is 0 Å². The Balaban J connectivity index is 1.49. The van der Waals surface area contributed by atoms with Crippen LogP contribution >= 0.6 is 22.7 Å². The molecule has 138 valence electrons. The summed E-state index contributed by atoms with van der Waals surface area (Å²) < 4.78 is 5.20. The van der Waals surface area contributed by atoms with Crippen molar-refractivity contribution in [2.75, 3.05) is 19.0 Å². The smallest absolute Gasteiger partial charge is 0.267 e. The number of carbonyl (C=O) groups excluding carboxylic acids is 2. The molecule has 0 unspecified atom stereocenters. The summed E-state index contributed by atoms with van der Waals surface area (Å²) in [5.41, 5.74) is 1.38. The molecule has 0 spiro atoms. The Morgan fingerprint density at radius 2 is 2.19 bits per heavy atom. The van der Waals surface area contributed by atoms with Crippen molar-refractivity contribution in [3.8, 4) is 5.88 Å². The van der Waals surface area contributed by atoms with Crippen LogP contribution in [0, 0.1) is 0 Å². The molecule has 1 N–H and O–H groups in total. The molecule has 4 rings (SSSR count). The number of ether oxygens (including phenoxy) is 1. The highest BCUT2D eigenvalue weighted by molar-refractivity contribution is 7.16. The topological polar surface area (TPSA) is 84.4 Å². The summed E-state index contributed by atoms with van der Waals surface area (Å²) in [5, 5.41) is 5.26. The summed E-state index contributed by atoms with van der Waals surface area (Å²) in [7, 11) is 1.50. The number of rotatable bonds is 4. The first-order valence-electron chi connectivity index (χ1n) is 8.27. The van der Waals surface area contributed by atoms with Gasteiger partial charge in [-0.1, -0.05) is 17.4 Å². The normalized spacial score (nSPS) is 13.1. The van der Waals surface area contributed by atoms with Crippen LogP contribution in [-0.2, 0) is 13.0 Å². The van der Waals surface area contributed by atoms with E-state index in [-0.39, 0.29) is 11.8 Å². The molecule has 0 bridgehead atoms. The second kappa shape index (κ2) is 7.45. The molecule has 0 atom stereocenters. The fraction of sp³-hybridized carbons (Fsp3) is 0.222. The van der Waals surface area contributed by atoms with Gasteiger partial charge in [0.15, 0.2) is 5.13 Å². The van der Waals surface area contributed by atoms with Crippen molar-refractivity contribution in [1.82, 2.24) is 14.9 Å². The highest BCUT2D eigenvalue weighted by Crippen LogP contribution is 2.30. The van der Waals surface area contributed by atoms with Gasteiger partial charge in [0.2, 0.25) is 5.88 Å². The van der Waals surface area contributed by atoms with E-state index in [9.17, 15) is 9.59 Å². The van der Waals surface area contributed by atoms with Crippen molar-refractivity contribution in [2.45, 2.75) is 13.0 Å². The maximum absolute atomic E-state index is 12.9. The molecule has 4 heterocycles. The van der Waals surface area contributed by atoms with Gasteiger partial charge >= 0.3 is 0 Å². The number of hydrogen-bond donors (Lipinski definition) is 1. The van der Waals surface area contributed by atoms with Crippen LogP contribution in [0.15, 0.2) is 35.8 Å². The number of hydrogen-bond acceptors (Lipinski definition) is 7. The van der Waals surface area contributed by atoms with Gasteiger partial charge in [-0.25, -0.2) is 9.97 Å². The predicted molar refractivity (Wildman–Crippen MR) is 104 cm³/mol. The van der Waals surface area contributed by atoms with Gasteiger partial charge in [-0.15, -0.1) is 11.3 Å². The molecule has 27 heavy (non-hydrogen) atoms. The van der Waals surface area contributed by atoms with Crippen LogP contribution in [0.4, 0.5) is 5.13 Å². The average molecular weight is 400 g/mol. The Kier molecular flexibility index (Phi) is 4.87. The van der Waals surface area contributed by atoms with E-state index in [1.807, 2.05) is 11.4 Å². The number of fused-ring (bicyclic) bond motifs is 1. The number of aromatic nitrogens is 2. The number of nitrogens with zero attached hydrogens (tertiary/aromatic N) is 3. The molecule has 0 fully saturated rings. The van der Waals surface area contributed by atoms with E-state index < -0.39 is 0 Å². The van der Waals surface area contributed by atoms with Gasteiger partial charge in [-0.2, -0.15) is 0 Å². The number of thiazole rings is 1. The van der Waals surface area contributed by atoms with E-state index in [4.69, 9.17) is 4.74 Å². The molecular formula is C18H16N4O3S2. The van der Waals surface area contributed by atoms with Crippen LogP contribution in [0.5, 0.6) is 5.88 Å². The summed E-state index contributed by atoms with van der Waals surface area (Å²) >= 11 is 2.79. The zero-order chi connectivity index (χ0) is 18.8. The van der Waals surface area contributed by atoms with Gasteiger partial charge in [0, 0.05) is 24.0 Å². The van der Waals surface area contributed by atoms with Crippen molar-refractivity contribution in [3.05, 3.63) is 56.9 Å². The molecule has 9 heteroatoms. The minimum absolute atomic E-state index is 0.122. The highest BCUT2D eigenvalue weighted by Gasteiger charge is 2.27. The van der Waals surface area contributed by atoms with E-state index in [1.54, 1.807) is 29.3 Å². The lowest BCUT2D eigenvalue weighted by Crippen LogP contribution is -2.35. The largest absolute Gasteiger partial charge is 0.480 e. The van der Waals surface area contributed by atoms with Crippen molar-refractivity contribution in [2.24, 2.45) is 0 Å². The lowest BCUT2D eigenvalue weighted by Gasteiger charge is -2.26. The van der Waals surface area contributed by atoms with Gasteiger partial charge in [-0.05, 0) is 23.6 Å². The number of amides is 2. The maximum Gasteiger partial charge on any atom is 0.267 e. The van der Waals surface area contributed by atoms with Gasteiger partial charge in [0.25, 0.3) is 11.8 Å². The number of anilines is 1. The van der Waals surface area contributed by atoms with Crippen molar-refractivity contribution in [1.29, 1.82) is 0 Å². The fourth-order valence-electron chi connectivity index (χ4n) is 2.88. The SMILES string of the molecule is COc1ncccc1C(=O)N1CCc2nc(NC(=O)c3cccs3)sc2C1. The summed E-state index contributed by atoms with van der Waals surface area (Å²) in [6.07, 6.45) is 2.24. The number of nitrogens with one attached hydrogen (secondary N) is 1. The zero-order valence-corrected chi connectivity index (χ0v) is 16.1. The quantitative estimate of drug-likeness (QED) is 0.728. The molecule has 2 amide bonds. The van der Waals surface area contributed by atoms with E-state index in [1.165, 1.54) is 29.8 Å². The molecule has 7 nitrogen and oxygen atoms in total. The minimum Gasteiger partial charge on any atom is -0.480 e. The molecule has 0 saturated heterocycles. The Labute approximate surface area is 163 Å². The summed E-state index contributed by atoms with van der Waals surface area (Å²) in [5.74, 6) is 0.0359. The highest BCUT2D eigenvalue weighted by atomic mass is 32.1. The van der Waals surface area contributed by atoms with Crippen LogP contribution in [0.1, 0.15) is 30.6 Å². The average Bonchev–Trinajstić information content (AvgIpc) is 3.36. The predicted octanol–water partition coefficient (Wildman–Crippen LogP) is 3.06. The molecule has 0 saturated carbocycles. The van der Waals surface area contributed by atoms with Crippen molar-refractivity contribution in [3.63, 3.8) is 0 Å². The Morgan fingerprint density at radius 3 is 2.96 bits per heavy atom. The van der Waals surface area contributed by atoms with E-state index >= 15 is 0 Å². The summed E-state index contributed by atoms with van der Waals surface area (Å²) in [6.45, 7) is 1.02. The van der Waals surface area contributed by atoms with Gasteiger partial charge < -0.3 is 9.64 Å². The molecule has 0 radical (unpaired) electrons. The molecule has 1 aliphatic heterocycles. The second-order valence-corrected chi connectivity index (χ2v) is 7.89. The van der Waals surface area contributed by atoms with Gasteiger partial charge in [0.05, 0.1) is 24.2 Å². The summed E-state index contributed by atoms with van der Waals surface area (Å²) in [6, 6.07) is 7.04. The molecule has 0 aliphatic carbocycles. The Bertz CT molecular complexity index is 984. The Hall–Kier alpha value is -2.78. The van der Waals surface area contributed by atoms with Gasteiger partial charge in [0.1, 0.15) is 5.56 Å².